The maximum atomic E-state index is 12.1. The molecule has 1 saturated carbocycles. The molecule has 1 aliphatic carbocycles. The SMILES string of the molecule is Cc1nn(C)c2ncc(NC(=O)C3(N)CCC3)cc12. The van der Waals surface area contributed by atoms with E-state index in [4.69, 9.17) is 5.73 Å². The van der Waals surface area contributed by atoms with E-state index in [1.165, 1.54) is 0 Å². The fraction of sp³-hybridized carbons (Fsp3) is 0.462. The zero-order chi connectivity index (χ0) is 13.6. The molecule has 0 spiro atoms. The Balaban J connectivity index is 1.89. The molecule has 6 heteroatoms. The van der Waals surface area contributed by atoms with Gasteiger partial charge < -0.3 is 11.1 Å². The Morgan fingerprint density at radius 1 is 1.53 bits per heavy atom. The average molecular weight is 259 g/mol. The van der Waals surface area contributed by atoms with Gasteiger partial charge in [-0.2, -0.15) is 5.10 Å². The van der Waals surface area contributed by atoms with Gasteiger partial charge in [-0.25, -0.2) is 4.98 Å². The fourth-order valence-electron chi connectivity index (χ4n) is 2.42. The highest BCUT2D eigenvalue weighted by molar-refractivity contribution is 5.99. The summed E-state index contributed by atoms with van der Waals surface area (Å²) in [6.45, 7) is 1.92. The molecule has 0 aromatic carbocycles. The van der Waals surface area contributed by atoms with E-state index in [-0.39, 0.29) is 5.91 Å². The lowest BCUT2D eigenvalue weighted by Gasteiger charge is -2.36. The van der Waals surface area contributed by atoms with Crippen molar-refractivity contribution >= 4 is 22.6 Å². The molecule has 1 amide bonds. The molecule has 6 nitrogen and oxygen atoms in total. The van der Waals surface area contributed by atoms with E-state index in [0.717, 1.165) is 36.0 Å². The first kappa shape index (κ1) is 12.1. The molecule has 2 heterocycles. The smallest absolute Gasteiger partial charge is 0.244 e. The van der Waals surface area contributed by atoms with Crippen LogP contribution in [0.4, 0.5) is 5.69 Å². The number of aromatic nitrogens is 3. The molecule has 0 saturated heterocycles. The topological polar surface area (TPSA) is 85.8 Å². The van der Waals surface area contributed by atoms with Crippen molar-refractivity contribution in [2.75, 3.05) is 5.32 Å². The Morgan fingerprint density at radius 3 is 2.89 bits per heavy atom. The summed E-state index contributed by atoms with van der Waals surface area (Å²) in [5.74, 6) is -0.124. The Hall–Kier alpha value is -1.95. The minimum absolute atomic E-state index is 0.124. The van der Waals surface area contributed by atoms with E-state index in [0.29, 0.717) is 5.69 Å². The molecule has 0 radical (unpaired) electrons. The summed E-state index contributed by atoms with van der Waals surface area (Å²) in [6.07, 6.45) is 4.16. The summed E-state index contributed by atoms with van der Waals surface area (Å²) in [5, 5.41) is 8.10. The predicted molar refractivity (Wildman–Crippen MR) is 72.6 cm³/mol. The third kappa shape index (κ3) is 1.88. The summed E-state index contributed by atoms with van der Waals surface area (Å²) in [5.41, 5.74) is 7.67. The van der Waals surface area contributed by atoms with E-state index in [9.17, 15) is 4.79 Å². The molecule has 1 aliphatic rings. The summed E-state index contributed by atoms with van der Waals surface area (Å²) in [4.78, 5) is 16.4. The first-order chi connectivity index (χ1) is 8.99. The van der Waals surface area contributed by atoms with Crippen molar-refractivity contribution in [2.45, 2.75) is 31.7 Å². The number of fused-ring (bicyclic) bond motifs is 1. The summed E-state index contributed by atoms with van der Waals surface area (Å²) < 4.78 is 1.73. The van der Waals surface area contributed by atoms with Crippen molar-refractivity contribution in [1.82, 2.24) is 14.8 Å². The van der Waals surface area contributed by atoms with E-state index in [2.05, 4.69) is 15.4 Å². The van der Waals surface area contributed by atoms with Gasteiger partial charge in [-0.1, -0.05) is 0 Å². The molecule has 3 N–H and O–H groups in total. The average Bonchev–Trinajstić information content (AvgIpc) is 2.62. The number of pyridine rings is 1. The number of hydrogen-bond acceptors (Lipinski definition) is 4. The number of anilines is 1. The van der Waals surface area contributed by atoms with Crippen LogP contribution in [0.25, 0.3) is 11.0 Å². The van der Waals surface area contributed by atoms with Crippen LogP contribution >= 0.6 is 0 Å². The number of nitrogens with one attached hydrogen (secondary N) is 1. The highest BCUT2D eigenvalue weighted by Gasteiger charge is 2.40. The van der Waals surface area contributed by atoms with E-state index in [1.54, 1.807) is 10.9 Å². The Kier molecular flexibility index (Phi) is 2.56. The van der Waals surface area contributed by atoms with Crippen LogP contribution < -0.4 is 11.1 Å². The minimum Gasteiger partial charge on any atom is -0.323 e. The first-order valence-electron chi connectivity index (χ1n) is 6.39. The maximum absolute atomic E-state index is 12.1. The molecule has 0 aliphatic heterocycles. The number of nitrogens with zero attached hydrogens (tertiary/aromatic N) is 3. The second-order valence-corrected chi connectivity index (χ2v) is 5.27. The highest BCUT2D eigenvalue weighted by Crippen LogP contribution is 2.30. The van der Waals surface area contributed by atoms with Gasteiger partial charge in [-0.15, -0.1) is 0 Å². The molecule has 100 valence electrons. The molecule has 0 atom stereocenters. The molecule has 0 unspecified atom stereocenters. The van der Waals surface area contributed by atoms with Crippen LogP contribution in [0.1, 0.15) is 25.0 Å². The number of aryl methyl sites for hydroxylation is 2. The van der Waals surface area contributed by atoms with Crippen LogP contribution in [-0.4, -0.2) is 26.2 Å². The zero-order valence-electron chi connectivity index (χ0n) is 11.1. The van der Waals surface area contributed by atoms with Crippen molar-refractivity contribution in [2.24, 2.45) is 12.8 Å². The van der Waals surface area contributed by atoms with Crippen LogP contribution in [0.2, 0.25) is 0 Å². The number of hydrogen-bond donors (Lipinski definition) is 2. The standard InChI is InChI=1S/C13H17N5O/c1-8-10-6-9(7-15-11(10)18(2)17-8)16-12(19)13(14)4-3-5-13/h6-7H,3-5,14H2,1-2H3,(H,16,19). The van der Waals surface area contributed by atoms with Crippen molar-refractivity contribution < 1.29 is 4.79 Å². The Bertz CT molecular complexity index is 656. The molecular formula is C13H17N5O. The van der Waals surface area contributed by atoms with Crippen molar-refractivity contribution in [3.8, 4) is 0 Å². The lowest BCUT2D eigenvalue weighted by Crippen LogP contribution is -2.56. The second kappa shape index (κ2) is 4.03. The molecule has 3 rings (SSSR count). The van der Waals surface area contributed by atoms with E-state index >= 15 is 0 Å². The number of amides is 1. The molecule has 19 heavy (non-hydrogen) atoms. The quantitative estimate of drug-likeness (QED) is 0.845. The lowest BCUT2D eigenvalue weighted by molar-refractivity contribution is -0.123. The van der Waals surface area contributed by atoms with Crippen molar-refractivity contribution in [3.63, 3.8) is 0 Å². The summed E-state index contributed by atoms with van der Waals surface area (Å²) >= 11 is 0. The summed E-state index contributed by atoms with van der Waals surface area (Å²) in [7, 11) is 1.85. The third-order valence-corrected chi connectivity index (χ3v) is 3.82. The molecular weight excluding hydrogens is 242 g/mol. The summed E-state index contributed by atoms with van der Waals surface area (Å²) in [6, 6.07) is 1.89. The van der Waals surface area contributed by atoms with Crippen LogP contribution in [-0.2, 0) is 11.8 Å². The zero-order valence-corrected chi connectivity index (χ0v) is 11.1. The Morgan fingerprint density at radius 2 is 2.26 bits per heavy atom. The normalized spacial score (nSPS) is 17.2. The van der Waals surface area contributed by atoms with Gasteiger partial charge in [-0.05, 0) is 32.3 Å². The molecule has 2 aromatic heterocycles. The van der Waals surface area contributed by atoms with Gasteiger partial charge in [0.1, 0.15) is 0 Å². The molecule has 1 fully saturated rings. The number of carbonyl (C=O) groups excluding carboxylic acids is 1. The van der Waals surface area contributed by atoms with Gasteiger partial charge >= 0.3 is 0 Å². The van der Waals surface area contributed by atoms with Crippen molar-refractivity contribution in [1.29, 1.82) is 0 Å². The Labute approximate surface area is 111 Å². The number of nitrogens with two attached hydrogens (primary N) is 1. The predicted octanol–water partition coefficient (Wildman–Crippen LogP) is 1.10. The van der Waals surface area contributed by atoms with Gasteiger partial charge in [-0.3, -0.25) is 9.48 Å². The first-order valence-corrected chi connectivity index (χ1v) is 6.39. The van der Waals surface area contributed by atoms with Gasteiger partial charge in [0, 0.05) is 12.4 Å². The largest absolute Gasteiger partial charge is 0.323 e. The second-order valence-electron chi connectivity index (χ2n) is 5.27. The highest BCUT2D eigenvalue weighted by atomic mass is 16.2. The van der Waals surface area contributed by atoms with Gasteiger partial charge in [0.05, 0.1) is 23.1 Å². The van der Waals surface area contributed by atoms with E-state index < -0.39 is 5.54 Å². The molecule has 2 aromatic rings. The third-order valence-electron chi connectivity index (χ3n) is 3.82. The van der Waals surface area contributed by atoms with Crippen molar-refractivity contribution in [3.05, 3.63) is 18.0 Å². The molecule has 0 bridgehead atoms. The number of carbonyl (C=O) groups is 1. The maximum Gasteiger partial charge on any atom is 0.244 e. The fourth-order valence-corrected chi connectivity index (χ4v) is 2.42. The van der Waals surface area contributed by atoms with Crippen LogP contribution in [0.3, 0.4) is 0 Å². The minimum atomic E-state index is -0.695. The van der Waals surface area contributed by atoms with Gasteiger partial charge in [0.25, 0.3) is 0 Å². The van der Waals surface area contributed by atoms with Crippen LogP contribution in [0.15, 0.2) is 12.3 Å². The van der Waals surface area contributed by atoms with Crippen LogP contribution in [0.5, 0.6) is 0 Å². The monoisotopic (exact) mass is 259 g/mol. The van der Waals surface area contributed by atoms with Crippen LogP contribution in [0, 0.1) is 6.92 Å². The van der Waals surface area contributed by atoms with Gasteiger partial charge in [0.2, 0.25) is 5.91 Å². The number of rotatable bonds is 2. The van der Waals surface area contributed by atoms with E-state index in [1.807, 2.05) is 20.0 Å². The van der Waals surface area contributed by atoms with Gasteiger partial charge in [0.15, 0.2) is 5.65 Å². The lowest BCUT2D eigenvalue weighted by atomic mass is 9.77.